The number of hydrogen-bond donors (Lipinski definition) is 1. The van der Waals surface area contributed by atoms with Crippen LogP contribution in [0.5, 0.6) is 11.6 Å². The van der Waals surface area contributed by atoms with E-state index in [0.717, 1.165) is 0 Å². The molecule has 0 unspecified atom stereocenters. The first-order chi connectivity index (χ1) is 12.4. The zero-order chi connectivity index (χ0) is 18.6. The Morgan fingerprint density at radius 3 is 2.54 bits per heavy atom. The number of nitrogens with zero attached hydrogens (tertiary/aromatic N) is 1. The summed E-state index contributed by atoms with van der Waals surface area (Å²) in [5.41, 5.74) is 0.250. The average Bonchev–Trinajstić information content (AvgIpc) is 2.63. The first-order valence-electron chi connectivity index (χ1n) is 8.30. The van der Waals surface area contributed by atoms with Gasteiger partial charge in [-0.15, -0.1) is 0 Å². The highest BCUT2D eigenvalue weighted by atomic mass is 35.5. The number of carbonyl (C=O) groups is 1. The summed E-state index contributed by atoms with van der Waals surface area (Å²) in [5, 5.41) is 3.43. The second-order valence-corrected chi connectivity index (χ2v) is 8.96. The van der Waals surface area contributed by atoms with Gasteiger partial charge in [-0.1, -0.05) is 17.7 Å². The third kappa shape index (κ3) is 5.19. The minimum atomic E-state index is -2.89. The van der Waals surface area contributed by atoms with Crippen molar-refractivity contribution in [2.24, 2.45) is 5.92 Å². The van der Waals surface area contributed by atoms with E-state index in [-0.39, 0.29) is 29.0 Å². The van der Waals surface area contributed by atoms with Gasteiger partial charge in [0.2, 0.25) is 5.88 Å². The van der Waals surface area contributed by atoms with Gasteiger partial charge in [0.05, 0.1) is 11.5 Å². The van der Waals surface area contributed by atoms with Crippen LogP contribution in [0.4, 0.5) is 0 Å². The first-order valence-corrected chi connectivity index (χ1v) is 10.5. The van der Waals surface area contributed by atoms with Crippen molar-refractivity contribution in [2.75, 3.05) is 18.1 Å². The maximum absolute atomic E-state index is 12.3. The molecule has 0 aliphatic carbocycles. The number of halogens is 1. The van der Waals surface area contributed by atoms with Gasteiger partial charge in [0.25, 0.3) is 5.91 Å². The molecule has 0 spiro atoms. The van der Waals surface area contributed by atoms with Crippen molar-refractivity contribution in [3.63, 3.8) is 0 Å². The molecule has 1 saturated heterocycles. The maximum Gasteiger partial charge on any atom is 0.270 e. The molecule has 6 nitrogen and oxygen atoms in total. The third-order valence-electron chi connectivity index (χ3n) is 4.22. The Morgan fingerprint density at radius 1 is 1.15 bits per heavy atom. The minimum Gasteiger partial charge on any atom is -0.439 e. The molecule has 1 aliphatic rings. The lowest BCUT2D eigenvalue weighted by molar-refractivity contribution is 0.0940. The quantitative estimate of drug-likeness (QED) is 0.842. The number of ether oxygens (including phenoxy) is 1. The van der Waals surface area contributed by atoms with Gasteiger partial charge in [-0.2, -0.15) is 0 Å². The molecule has 1 N–H and O–H groups in total. The molecule has 2 aromatic rings. The van der Waals surface area contributed by atoms with E-state index in [4.69, 9.17) is 16.3 Å². The largest absolute Gasteiger partial charge is 0.439 e. The second-order valence-electron chi connectivity index (χ2n) is 6.22. The lowest BCUT2D eigenvalue weighted by Crippen LogP contribution is -2.34. The molecule has 0 radical (unpaired) electrons. The highest BCUT2D eigenvalue weighted by Crippen LogP contribution is 2.22. The van der Waals surface area contributed by atoms with Crippen LogP contribution in [0, 0.1) is 5.92 Å². The molecule has 8 heteroatoms. The van der Waals surface area contributed by atoms with E-state index in [9.17, 15) is 13.2 Å². The van der Waals surface area contributed by atoms with Crippen molar-refractivity contribution in [1.82, 2.24) is 10.3 Å². The van der Waals surface area contributed by atoms with Gasteiger partial charge in [-0.3, -0.25) is 4.79 Å². The molecule has 0 saturated carbocycles. The van der Waals surface area contributed by atoms with E-state index in [1.54, 1.807) is 42.5 Å². The molecule has 1 amide bonds. The molecule has 1 aromatic carbocycles. The van der Waals surface area contributed by atoms with E-state index in [1.807, 2.05) is 0 Å². The monoisotopic (exact) mass is 394 g/mol. The first kappa shape index (κ1) is 18.7. The zero-order valence-corrected chi connectivity index (χ0v) is 15.6. The number of nitrogens with one attached hydrogen (secondary N) is 1. The molecular formula is C18H19ClN2O4S. The van der Waals surface area contributed by atoms with Gasteiger partial charge in [0.15, 0.2) is 0 Å². The number of amides is 1. The number of sulfone groups is 1. The van der Waals surface area contributed by atoms with Gasteiger partial charge in [0, 0.05) is 17.6 Å². The topological polar surface area (TPSA) is 85.4 Å². The van der Waals surface area contributed by atoms with E-state index in [0.29, 0.717) is 36.0 Å². The fraction of sp³-hybridized carbons (Fsp3) is 0.333. The number of pyridine rings is 1. The van der Waals surface area contributed by atoms with Gasteiger partial charge >= 0.3 is 0 Å². The van der Waals surface area contributed by atoms with E-state index >= 15 is 0 Å². The predicted octanol–water partition coefficient (Wildman–Crippen LogP) is 3.08. The molecule has 0 atom stereocenters. The molecule has 138 valence electrons. The molecule has 1 fully saturated rings. The molecule has 1 aromatic heterocycles. The van der Waals surface area contributed by atoms with Crippen molar-refractivity contribution in [3.05, 3.63) is 53.2 Å². The number of hydrogen-bond acceptors (Lipinski definition) is 5. The molecule has 26 heavy (non-hydrogen) atoms. The smallest absolute Gasteiger partial charge is 0.270 e. The highest BCUT2D eigenvalue weighted by Gasteiger charge is 2.24. The van der Waals surface area contributed by atoms with Gasteiger partial charge < -0.3 is 10.1 Å². The SMILES string of the molecule is O=C(NCC1CCS(=O)(=O)CC1)c1cccc(Oc2ccc(Cl)cc2)n1. The van der Waals surface area contributed by atoms with E-state index < -0.39 is 9.84 Å². The number of rotatable bonds is 5. The van der Waals surface area contributed by atoms with Gasteiger partial charge in [-0.25, -0.2) is 13.4 Å². The Bertz CT molecular complexity index is 870. The van der Waals surface area contributed by atoms with Crippen molar-refractivity contribution >= 4 is 27.3 Å². The standard InChI is InChI=1S/C18H19ClN2O4S/c19-14-4-6-15(7-5-14)25-17-3-1-2-16(21-17)18(22)20-12-13-8-10-26(23,24)11-9-13/h1-7,13H,8-12H2,(H,20,22). The molecule has 0 bridgehead atoms. The lowest BCUT2D eigenvalue weighted by Gasteiger charge is -2.21. The average molecular weight is 395 g/mol. The minimum absolute atomic E-state index is 0.177. The molecule has 1 aliphatic heterocycles. The van der Waals surface area contributed by atoms with Crippen LogP contribution in [0.2, 0.25) is 5.02 Å². The van der Waals surface area contributed by atoms with Crippen molar-refractivity contribution < 1.29 is 17.9 Å². The Morgan fingerprint density at radius 2 is 1.85 bits per heavy atom. The number of benzene rings is 1. The van der Waals surface area contributed by atoms with Crippen LogP contribution in [0.3, 0.4) is 0 Å². The summed E-state index contributed by atoms with van der Waals surface area (Å²) < 4.78 is 28.5. The van der Waals surface area contributed by atoms with Gasteiger partial charge in [0.1, 0.15) is 21.3 Å². The highest BCUT2D eigenvalue weighted by molar-refractivity contribution is 7.91. The van der Waals surface area contributed by atoms with E-state index in [1.165, 1.54) is 0 Å². The Kier molecular flexibility index (Phi) is 5.78. The third-order valence-corrected chi connectivity index (χ3v) is 6.19. The van der Waals surface area contributed by atoms with Crippen molar-refractivity contribution in [2.45, 2.75) is 12.8 Å². The second kappa shape index (κ2) is 8.05. The van der Waals surface area contributed by atoms with Gasteiger partial charge in [-0.05, 0) is 49.1 Å². The van der Waals surface area contributed by atoms with Crippen LogP contribution in [-0.4, -0.2) is 37.4 Å². The number of carbonyl (C=O) groups excluding carboxylic acids is 1. The summed E-state index contributed by atoms with van der Waals surface area (Å²) in [4.78, 5) is 16.5. The summed E-state index contributed by atoms with van der Waals surface area (Å²) >= 11 is 5.84. The van der Waals surface area contributed by atoms with Crippen LogP contribution >= 0.6 is 11.6 Å². The van der Waals surface area contributed by atoms with E-state index in [2.05, 4.69) is 10.3 Å². The van der Waals surface area contributed by atoms with Crippen LogP contribution in [0.1, 0.15) is 23.3 Å². The number of aromatic nitrogens is 1. The van der Waals surface area contributed by atoms with Crippen LogP contribution in [0.15, 0.2) is 42.5 Å². The zero-order valence-electron chi connectivity index (χ0n) is 14.0. The normalized spacial score (nSPS) is 16.8. The van der Waals surface area contributed by atoms with Crippen LogP contribution in [-0.2, 0) is 9.84 Å². The van der Waals surface area contributed by atoms with Crippen LogP contribution < -0.4 is 10.1 Å². The Balaban J connectivity index is 1.57. The van der Waals surface area contributed by atoms with Crippen LogP contribution in [0.25, 0.3) is 0 Å². The summed E-state index contributed by atoms with van der Waals surface area (Å²) in [6, 6.07) is 11.8. The summed E-state index contributed by atoms with van der Waals surface area (Å²) in [6.45, 7) is 0.443. The predicted molar refractivity (Wildman–Crippen MR) is 99.5 cm³/mol. The summed E-state index contributed by atoms with van der Waals surface area (Å²) in [5.74, 6) is 1.13. The Hall–Kier alpha value is -2.12. The lowest BCUT2D eigenvalue weighted by atomic mass is 10.0. The molecular weight excluding hydrogens is 376 g/mol. The summed E-state index contributed by atoms with van der Waals surface area (Å²) in [6.07, 6.45) is 1.16. The fourth-order valence-electron chi connectivity index (χ4n) is 2.69. The summed E-state index contributed by atoms with van der Waals surface area (Å²) in [7, 11) is -2.89. The van der Waals surface area contributed by atoms with Crippen molar-refractivity contribution in [1.29, 1.82) is 0 Å². The fourth-order valence-corrected chi connectivity index (χ4v) is 4.41. The maximum atomic E-state index is 12.3. The molecule has 3 rings (SSSR count). The molecule has 2 heterocycles. The van der Waals surface area contributed by atoms with Crippen molar-refractivity contribution in [3.8, 4) is 11.6 Å². The Labute approximate surface area is 157 Å².